The minimum absolute atomic E-state index is 0.763. The summed E-state index contributed by atoms with van der Waals surface area (Å²) in [4.78, 5) is 12.2. The van der Waals surface area contributed by atoms with Crippen LogP contribution in [0.5, 0.6) is 0 Å². The molecule has 0 unspecified atom stereocenters. The average molecular weight is 360 g/mol. The van der Waals surface area contributed by atoms with Crippen LogP contribution in [0.4, 0.5) is 0 Å². The summed E-state index contributed by atoms with van der Waals surface area (Å²) >= 11 is 1.79. The first-order valence-electron chi connectivity index (χ1n) is 8.71. The van der Waals surface area contributed by atoms with Crippen molar-refractivity contribution in [2.45, 2.75) is 32.9 Å². The average Bonchev–Trinajstić information content (AvgIpc) is 3.06. The molecule has 0 bridgehead atoms. The lowest BCUT2D eigenvalue weighted by Gasteiger charge is -2.13. The number of benzene rings is 1. The lowest BCUT2D eigenvalue weighted by molar-refractivity contribution is 0.402. The standard InChI is InChI=1S/C19H29N5S/c1-5-17-13-22-18(25-17)10-11-21-19(20-2)23-12-15-6-8-16(9-7-15)14-24(3)4/h6-9,13H,5,10-12,14H2,1-4H3,(H2,20,21,23). The fourth-order valence-electron chi connectivity index (χ4n) is 2.45. The molecule has 0 aliphatic rings. The monoisotopic (exact) mass is 359 g/mol. The Morgan fingerprint density at radius 3 is 2.48 bits per heavy atom. The summed E-state index contributed by atoms with van der Waals surface area (Å²) in [5.41, 5.74) is 2.57. The van der Waals surface area contributed by atoms with Crippen molar-refractivity contribution in [1.29, 1.82) is 0 Å². The smallest absolute Gasteiger partial charge is 0.191 e. The van der Waals surface area contributed by atoms with Crippen molar-refractivity contribution in [3.63, 3.8) is 0 Å². The van der Waals surface area contributed by atoms with E-state index in [1.165, 1.54) is 21.0 Å². The molecule has 2 aromatic rings. The van der Waals surface area contributed by atoms with Crippen LogP contribution in [-0.2, 0) is 25.9 Å². The van der Waals surface area contributed by atoms with Crippen LogP contribution in [0.15, 0.2) is 35.5 Å². The number of rotatable bonds is 8. The van der Waals surface area contributed by atoms with Gasteiger partial charge in [0.2, 0.25) is 0 Å². The Morgan fingerprint density at radius 1 is 1.16 bits per heavy atom. The summed E-state index contributed by atoms with van der Waals surface area (Å²) in [6.07, 6.45) is 3.96. The molecule has 2 N–H and O–H groups in total. The first-order chi connectivity index (χ1) is 12.1. The molecule has 1 aromatic carbocycles. The molecule has 1 aromatic heterocycles. The first-order valence-corrected chi connectivity index (χ1v) is 9.53. The summed E-state index contributed by atoms with van der Waals surface area (Å²) in [7, 11) is 5.97. The zero-order valence-corrected chi connectivity index (χ0v) is 16.5. The van der Waals surface area contributed by atoms with Crippen LogP contribution in [0.2, 0.25) is 0 Å². The van der Waals surface area contributed by atoms with Gasteiger partial charge in [0.1, 0.15) is 0 Å². The lowest BCUT2D eigenvalue weighted by atomic mass is 10.1. The van der Waals surface area contributed by atoms with Gasteiger partial charge in [-0.15, -0.1) is 11.3 Å². The Bertz CT molecular complexity index is 661. The van der Waals surface area contributed by atoms with E-state index in [1.807, 2.05) is 6.20 Å². The predicted molar refractivity (Wildman–Crippen MR) is 107 cm³/mol. The largest absolute Gasteiger partial charge is 0.356 e. The normalized spacial score (nSPS) is 11.8. The Balaban J connectivity index is 1.74. The molecule has 0 spiro atoms. The minimum Gasteiger partial charge on any atom is -0.356 e. The van der Waals surface area contributed by atoms with Crippen LogP contribution >= 0.6 is 11.3 Å². The van der Waals surface area contributed by atoms with Crippen molar-refractivity contribution >= 4 is 17.3 Å². The first kappa shape index (κ1) is 19.4. The minimum atomic E-state index is 0.763. The molecule has 1 heterocycles. The maximum Gasteiger partial charge on any atom is 0.191 e. The van der Waals surface area contributed by atoms with E-state index in [1.54, 1.807) is 18.4 Å². The van der Waals surface area contributed by atoms with Crippen molar-refractivity contribution in [2.24, 2.45) is 4.99 Å². The molecule has 0 aliphatic carbocycles. The molecule has 5 nitrogen and oxygen atoms in total. The van der Waals surface area contributed by atoms with E-state index in [-0.39, 0.29) is 0 Å². The SMILES string of the molecule is CCc1cnc(CCNC(=NC)NCc2ccc(CN(C)C)cc2)s1. The molecule has 0 radical (unpaired) electrons. The number of guanidine groups is 1. The molecule has 0 fully saturated rings. The highest BCUT2D eigenvalue weighted by Gasteiger charge is 2.03. The number of hydrogen-bond donors (Lipinski definition) is 2. The van der Waals surface area contributed by atoms with Gasteiger partial charge >= 0.3 is 0 Å². The highest BCUT2D eigenvalue weighted by Crippen LogP contribution is 2.13. The molecular weight excluding hydrogens is 330 g/mol. The summed E-state index contributed by atoms with van der Waals surface area (Å²) < 4.78 is 0. The van der Waals surface area contributed by atoms with E-state index >= 15 is 0 Å². The fourth-order valence-corrected chi connectivity index (χ4v) is 3.31. The lowest BCUT2D eigenvalue weighted by Crippen LogP contribution is -2.37. The number of hydrogen-bond acceptors (Lipinski definition) is 4. The maximum atomic E-state index is 4.45. The van der Waals surface area contributed by atoms with E-state index in [2.05, 4.69) is 70.8 Å². The van der Waals surface area contributed by atoms with Crippen LogP contribution in [0.1, 0.15) is 27.9 Å². The zero-order valence-electron chi connectivity index (χ0n) is 15.7. The summed E-state index contributed by atoms with van der Waals surface area (Å²) in [6, 6.07) is 8.70. The highest BCUT2D eigenvalue weighted by molar-refractivity contribution is 7.11. The number of aliphatic imine (C=N–C) groups is 1. The molecule has 0 atom stereocenters. The van der Waals surface area contributed by atoms with E-state index in [9.17, 15) is 0 Å². The maximum absolute atomic E-state index is 4.45. The van der Waals surface area contributed by atoms with E-state index in [0.29, 0.717) is 0 Å². The Hall–Kier alpha value is -1.92. The summed E-state index contributed by atoms with van der Waals surface area (Å²) in [5, 5.41) is 7.89. The van der Waals surface area contributed by atoms with Gasteiger partial charge in [-0.1, -0.05) is 31.2 Å². The van der Waals surface area contributed by atoms with Crippen molar-refractivity contribution in [2.75, 3.05) is 27.7 Å². The predicted octanol–water partition coefficient (Wildman–Crippen LogP) is 2.67. The van der Waals surface area contributed by atoms with Gasteiger partial charge < -0.3 is 15.5 Å². The quantitative estimate of drug-likeness (QED) is 0.562. The van der Waals surface area contributed by atoms with Gasteiger partial charge in [0, 0.05) is 44.2 Å². The molecule has 2 rings (SSSR count). The van der Waals surface area contributed by atoms with Gasteiger partial charge in [-0.3, -0.25) is 4.99 Å². The molecule has 0 saturated carbocycles. The Kier molecular flexibility index (Phi) is 7.88. The van der Waals surface area contributed by atoms with Gasteiger partial charge in [-0.2, -0.15) is 0 Å². The molecule has 0 saturated heterocycles. The van der Waals surface area contributed by atoms with Crippen LogP contribution in [0.3, 0.4) is 0 Å². The second-order valence-electron chi connectivity index (χ2n) is 6.23. The van der Waals surface area contributed by atoms with Gasteiger partial charge in [0.25, 0.3) is 0 Å². The van der Waals surface area contributed by atoms with Crippen molar-refractivity contribution in [1.82, 2.24) is 20.5 Å². The number of thiazole rings is 1. The van der Waals surface area contributed by atoms with Crippen LogP contribution in [0.25, 0.3) is 0 Å². The van der Waals surface area contributed by atoms with Gasteiger partial charge in [-0.05, 0) is 31.6 Å². The molecule has 0 amide bonds. The van der Waals surface area contributed by atoms with Crippen LogP contribution < -0.4 is 10.6 Å². The van der Waals surface area contributed by atoms with Crippen molar-refractivity contribution < 1.29 is 0 Å². The second kappa shape index (κ2) is 10.2. The second-order valence-corrected chi connectivity index (χ2v) is 7.43. The van der Waals surface area contributed by atoms with Gasteiger partial charge in [0.05, 0.1) is 5.01 Å². The van der Waals surface area contributed by atoms with E-state index in [0.717, 1.165) is 38.4 Å². The van der Waals surface area contributed by atoms with Gasteiger partial charge in [-0.25, -0.2) is 4.98 Å². The Labute approximate surface area is 155 Å². The number of nitrogens with zero attached hydrogens (tertiary/aromatic N) is 3. The third-order valence-corrected chi connectivity index (χ3v) is 4.99. The van der Waals surface area contributed by atoms with Gasteiger partial charge in [0.15, 0.2) is 5.96 Å². The van der Waals surface area contributed by atoms with Crippen molar-refractivity contribution in [3.05, 3.63) is 51.5 Å². The van der Waals surface area contributed by atoms with Crippen molar-refractivity contribution in [3.8, 4) is 0 Å². The topological polar surface area (TPSA) is 52.6 Å². The fraction of sp³-hybridized carbons (Fsp3) is 0.474. The summed E-state index contributed by atoms with van der Waals surface area (Å²) in [5.74, 6) is 0.824. The number of nitrogens with one attached hydrogen (secondary N) is 2. The third-order valence-electron chi connectivity index (χ3n) is 3.79. The van der Waals surface area contributed by atoms with E-state index < -0.39 is 0 Å². The molecule has 0 aliphatic heterocycles. The molecule has 6 heteroatoms. The Morgan fingerprint density at radius 2 is 1.88 bits per heavy atom. The van der Waals surface area contributed by atoms with Crippen LogP contribution in [0, 0.1) is 0 Å². The molecule has 136 valence electrons. The molecule has 25 heavy (non-hydrogen) atoms. The number of aryl methyl sites for hydroxylation is 1. The summed E-state index contributed by atoms with van der Waals surface area (Å²) in [6.45, 7) is 4.72. The van der Waals surface area contributed by atoms with Crippen LogP contribution in [-0.4, -0.2) is 43.5 Å². The highest BCUT2D eigenvalue weighted by atomic mass is 32.1. The third kappa shape index (κ3) is 6.84. The van der Waals surface area contributed by atoms with E-state index in [4.69, 9.17) is 0 Å². The number of aromatic nitrogens is 1. The zero-order chi connectivity index (χ0) is 18.1. The molecular formula is C19H29N5S.